The molecule has 0 bridgehead atoms. The number of nitrogens with one attached hydrogen (secondary N) is 2. The van der Waals surface area contributed by atoms with Gasteiger partial charge in [-0.25, -0.2) is 0 Å². The van der Waals surface area contributed by atoms with Gasteiger partial charge in [0.15, 0.2) is 5.11 Å². The van der Waals surface area contributed by atoms with Crippen molar-refractivity contribution >= 4 is 52.1 Å². The van der Waals surface area contributed by atoms with Gasteiger partial charge in [0.1, 0.15) is 0 Å². The lowest BCUT2D eigenvalue weighted by Gasteiger charge is -2.11. The highest BCUT2D eigenvalue weighted by Crippen LogP contribution is 2.29. The van der Waals surface area contributed by atoms with Crippen molar-refractivity contribution in [3.63, 3.8) is 0 Å². The van der Waals surface area contributed by atoms with Crippen LogP contribution < -0.4 is 10.6 Å². The van der Waals surface area contributed by atoms with Crippen molar-refractivity contribution in [3.05, 3.63) is 28.2 Å². The quantitative estimate of drug-likeness (QED) is 0.815. The van der Waals surface area contributed by atoms with Crippen LogP contribution in [0.25, 0.3) is 0 Å². The van der Waals surface area contributed by atoms with Gasteiger partial charge >= 0.3 is 0 Å². The molecule has 86 valence electrons. The van der Waals surface area contributed by atoms with Gasteiger partial charge in [-0.05, 0) is 24.4 Å². The molecule has 0 spiro atoms. The Labute approximate surface area is 109 Å². The highest BCUT2D eigenvalue weighted by molar-refractivity contribution is 7.80. The molecule has 0 heterocycles. The Morgan fingerprint density at radius 1 is 1.38 bits per heavy atom. The van der Waals surface area contributed by atoms with E-state index in [2.05, 4.69) is 10.6 Å². The lowest BCUT2D eigenvalue weighted by Crippen LogP contribution is -2.33. The fraction of sp³-hybridized carbons (Fsp3) is 0.200. The summed E-state index contributed by atoms with van der Waals surface area (Å²) in [6, 6.07) is 5.09. The number of carbonyl (C=O) groups excluding carboxylic acids is 1. The van der Waals surface area contributed by atoms with Crippen molar-refractivity contribution < 1.29 is 4.79 Å². The predicted molar refractivity (Wildman–Crippen MR) is 71.1 cm³/mol. The normalized spacial score (nSPS) is 9.69. The Bertz CT molecular complexity index is 403. The summed E-state index contributed by atoms with van der Waals surface area (Å²) in [5.41, 5.74) is 0.493. The van der Waals surface area contributed by atoms with Gasteiger partial charge in [0.25, 0.3) is 0 Å². The topological polar surface area (TPSA) is 41.1 Å². The highest BCUT2D eigenvalue weighted by Gasteiger charge is 2.08. The third kappa shape index (κ3) is 3.63. The van der Waals surface area contributed by atoms with Gasteiger partial charge in [0.05, 0.1) is 15.7 Å². The highest BCUT2D eigenvalue weighted by atomic mass is 35.5. The van der Waals surface area contributed by atoms with Gasteiger partial charge in [-0.2, -0.15) is 0 Å². The van der Waals surface area contributed by atoms with Gasteiger partial charge < -0.3 is 10.6 Å². The molecule has 0 fully saturated rings. The van der Waals surface area contributed by atoms with E-state index in [9.17, 15) is 4.79 Å². The van der Waals surface area contributed by atoms with Gasteiger partial charge in [0.2, 0.25) is 5.91 Å². The number of rotatable bonds is 2. The van der Waals surface area contributed by atoms with Crippen LogP contribution in [0.5, 0.6) is 0 Å². The van der Waals surface area contributed by atoms with Crippen molar-refractivity contribution in [3.8, 4) is 0 Å². The van der Waals surface area contributed by atoms with Crippen molar-refractivity contribution in [2.45, 2.75) is 13.3 Å². The maximum atomic E-state index is 11.1. The molecule has 0 aromatic heterocycles. The number of para-hydroxylation sites is 1. The first kappa shape index (κ1) is 13.2. The second kappa shape index (κ2) is 6.03. The summed E-state index contributed by atoms with van der Waals surface area (Å²) in [4.78, 5) is 11.1. The first-order valence-electron chi connectivity index (χ1n) is 4.59. The monoisotopic (exact) mass is 276 g/mol. The lowest BCUT2D eigenvalue weighted by atomic mass is 10.3. The van der Waals surface area contributed by atoms with Crippen LogP contribution in [-0.4, -0.2) is 11.0 Å². The van der Waals surface area contributed by atoms with Crippen LogP contribution in [0, 0.1) is 0 Å². The maximum Gasteiger partial charge on any atom is 0.225 e. The second-order valence-electron chi connectivity index (χ2n) is 2.95. The summed E-state index contributed by atoms with van der Waals surface area (Å²) in [5.74, 6) is -0.166. The van der Waals surface area contributed by atoms with Gasteiger partial charge in [-0.1, -0.05) is 36.2 Å². The molecule has 0 atom stereocenters. The number of hydrogen-bond acceptors (Lipinski definition) is 2. The number of thiocarbonyl (C=S) groups is 1. The molecule has 1 amide bonds. The molecule has 0 saturated carbocycles. The predicted octanol–water partition coefficient (Wildman–Crippen LogP) is 3.22. The summed E-state index contributed by atoms with van der Waals surface area (Å²) in [6.07, 6.45) is 0.359. The van der Waals surface area contributed by atoms with E-state index in [4.69, 9.17) is 35.4 Å². The zero-order valence-corrected chi connectivity index (χ0v) is 10.8. The van der Waals surface area contributed by atoms with E-state index in [1.807, 2.05) is 0 Å². The van der Waals surface area contributed by atoms with Crippen molar-refractivity contribution in [2.75, 3.05) is 5.32 Å². The zero-order valence-electron chi connectivity index (χ0n) is 8.51. The molecule has 0 aliphatic rings. The maximum absolute atomic E-state index is 11.1. The number of anilines is 1. The average Bonchev–Trinajstić information content (AvgIpc) is 2.23. The average molecular weight is 277 g/mol. The van der Waals surface area contributed by atoms with Crippen LogP contribution in [0.4, 0.5) is 5.69 Å². The third-order valence-electron chi connectivity index (χ3n) is 1.78. The molecule has 1 aromatic carbocycles. The molecule has 0 radical (unpaired) electrons. The van der Waals surface area contributed by atoms with E-state index in [1.54, 1.807) is 25.1 Å². The van der Waals surface area contributed by atoms with E-state index in [0.717, 1.165) is 0 Å². The fourth-order valence-corrected chi connectivity index (χ4v) is 1.68. The molecule has 1 aromatic rings. The summed E-state index contributed by atoms with van der Waals surface area (Å²) in [6.45, 7) is 1.74. The van der Waals surface area contributed by atoms with Crippen molar-refractivity contribution in [1.82, 2.24) is 5.32 Å². The van der Waals surface area contributed by atoms with Crippen molar-refractivity contribution in [1.29, 1.82) is 0 Å². The molecular weight excluding hydrogens is 267 g/mol. The number of carbonyl (C=O) groups is 1. The molecule has 3 nitrogen and oxygen atoms in total. The summed E-state index contributed by atoms with van der Waals surface area (Å²) in [7, 11) is 0. The number of halogens is 2. The number of benzene rings is 1. The number of amides is 1. The fourth-order valence-electron chi connectivity index (χ4n) is 0.977. The number of hydrogen-bond donors (Lipinski definition) is 2. The molecule has 6 heteroatoms. The molecule has 0 saturated heterocycles. The van der Waals surface area contributed by atoms with Crippen molar-refractivity contribution in [2.24, 2.45) is 0 Å². The minimum atomic E-state index is -0.166. The van der Waals surface area contributed by atoms with E-state index < -0.39 is 0 Å². The van der Waals surface area contributed by atoms with Crippen LogP contribution in [0.3, 0.4) is 0 Å². The Morgan fingerprint density at radius 2 is 1.94 bits per heavy atom. The standard InChI is InChI=1S/C10H10Cl2N2OS/c1-2-8(15)13-10(16)14-9-6(11)4-3-5-7(9)12/h3-5H,2H2,1H3,(H2,13,14,15,16). The summed E-state index contributed by atoms with van der Waals surface area (Å²) >= 11 is 16.8. The first-order chi connectivity index (χ1) is 7.54. The van der Waals surface area contributed by atoms with E-state index in [-0.39, 0.29) is 11.0 Å². The van der Waals surface area contributed by atoms with Crippen LogP contribution in [-0.2, 0) is 4.79 Å². The van der Waals surface area contributed by atoms with Crippen LogP contribution in [0.15, 0.2) is 18.2 Å². The smallest absolute Gasteiger partial charge is 0.225 e. The van der Waals surface area contributed by atoms with Crippen LogP contribution >= 0.6 is 35.4 Å². The summed E-state index contributed by atoms with van der Waals surface area (Å²) < 4.78 is 0. The molecule has 0 aliphatic carbocycles. The molecule has 0 unspecified atom stereocenters. The molecular formula is C10H10Cl2N2OS. The molecule has 16 heavy (non-hydrogen) atoms. The van der Waals surface area contributed by atoms with E-state index in [1.165, 1.54) is 0 Å². The van der Waals surface area contributed by atoms with E-state index in [0.29, 0.717) is 22.2 Å². The largest absolute Gasteiger partial charge is 0.330 e. The zero-order chi connectivity index (χ0) is 12.1. The van der Waals surface area contributed by atoms with Gasteiger partial charge in [0, 0.05) is 6.42 Å². The molecule has 1 rings (SSSR count). The third-order valence-corrected chi connectivity index (χ3v) is 2.61. The first-order valence-corrected chi connectivity index (χ1v) is 5.76. The minimum Gasteiger partial charge on any atom is -0.330 e. The lowest BCUT2D eigenvalue weighted by molar-refractivity contribution is -0.119. The molecule has 2 N–H and O–H groups in total. The van der Waals surface area contributed by atoms with Gasteiger partial charge in [-0.3, -0.25) is 4.79 Å². The molecule has 0 aliphatic heterocycles. The Balaban J connectivity index is 2.73. The van der Waals surface area contributed by atoms with Gasteiger partial charge in [-0.15, -0.1) is 0 Å². The van der Waals surface area contributed by atoms with Crippen LogP contribution in [0.2, 0.25) is 10.0 Å². The Hall–Kier alpha value is -0.840. The Morgan fingerprint density at radius 3 is 2.44 bits per heavy atom. The minimum absolute atomic E-state index is 0.166. The summed E-state index contributed by atoms with van der Waals surface area (Å²) in [5, 5.41) is 6.35. The second-order valence-corrected chi connectivity index (χ2v) is 4.18. The van der Waals surface area contributed by atoms with E-state index >= 15 is 0 Å². The van der Waals surface area contributed by atoms with Crippen LogP contribution in [0.1, 0.15) is 13.3 Å². The Kier molecular flexibility index (Phi) is 4.99. The SMILES string of the molecule is CCC(=O)NC(=S)Nc1c(Cl)cccc1Cl.